The third kappa shape index (κ3) is 4.35. The van der Waals surface area contributed by atoms with Crippen LogP contribution in [0.1, 0.15) is 22.3 Å². The molecule has 0 atom stereocenters. The summed E-state index contributed by atoms with van der Waals surface area (Å²) in [5.41, 5.74) is 4.39. The van der Waals surface area contributed by atoms with E-state index in [2.05, 4.69) is 18.2 Å². The highest BCUT2D eigenvalue weighted by Crippen LogP contribution is 2.32. The Labute approximate surface area is 154 Å². The van der Waals surface area contributed by atoms with Crippen LogP contribution in [-0.4, -0.2) is 37.9 Å². The molecule has 0 spiro atoms. The monoisotopic (exact) mass is 355 g/mol. The standard InChI is InChI=1S/C21H25NO4/c1-15-4-5-16(2)18(10-15)12-21(23)22(8-9-24-3)13-17-6-7-19-20(11-17)26-14-25-19/h4-7,10-11H,8-9,12-14H2,1-3H3. The number of nitrogens with zero attached hydrogens (tertiary/aromatic N) is 1. The number of fused-ring (bicyclic) bond motifs is 1. The van der Waals surface area contributed by atoms with E-state index in [0.717, 1.165) is 33.8 Å². The summed E-state index contributed by atoms with van der Waals surface area (Å²) in [4.78, 5) is 14.8. The number of rotatable bonds is 7. The first kappa shape index (κ1) is 18.3. The predicted octanol–water partition coefficient (Wildman–Crippen LogP) is 3.25. The lowest BCUT2D eigenvalue weighted by atomic mass is 10.0. The first-order valence-electron chi connectivity index (χ1n) is 8.78. The summed E-state index contributed by atoms with van der Waals surface area (Å²) in [6.45, 7) is 5.90. The summed E-state index contributed by atoms with van der Waals surface area (Å²) < 4.78 is 16.0. The van der Waals surface area contributed by atoms with E-state index < -0.39 is 0 Å². The summed E-state index contributed by atoms with van der Waals surface area (Å²) in [5, 5.41) is 0. The van der Waals surface area contributed by atoms with Gasteiger partial charge in [0.05, 0.1) is 13.0 Å². The molecule has 2 aromatic rings. The normalized spacial score (nSPS) is 12.3. The second kappa shape index (κ2) is 8.23. The molecule has 0 N–H and O–H groups in total. The smallest absolute Gasteiger partial charge is 0.231 e. The molecule has 1 aliphatic rings. The van der Waals surface area contributed by atoms with Crippen LogP contribution < -0.4 is 9.47 Å². The van der Waals surface area contributed by atoms with Crippen molar-refractivity contribution in [1.82, 2.24) is 4.90 Å². The first-order valence-corrected chi connectivity index (χ1v) is 8.78. The lowest BCUT2D eigenvalue weighted by Gasteiger charge is -2.23. The van der Waals surface area contributed by atoms with Crippen LogP contribution in [0.4, 0.5) is 0 Å². The van der Waals surface area contributed by atoms with Gasteiger partial charge in [-0.2, -0.15) is 0 Å². The minimum atomic E-state index is 0.0911. The van der Waals surface area contributed by atoms with E-state index in [4.69, 9.17) is 14.2 Å². The number of amides is 1. The fourth-order valence-electron chi connectivity index (χ4n) is 3.02. The van der Waals surface area contributed by atoms with Crippen molar-refractivity contribution < 1.29 is 19.0 Å². The number of hydrogen-bond donors (Lipinski definition) is 0. The van der Waals surface area contributed by atoms with Gasteiger partial charge in [-0.05, 0) is 42.7 Å². The van der Waals surface area contributed by atoms with Gasteiger partial charge < -0.3 is 19.1 Å². The molecule has 1 heterocycles. The van der Waals surface area contributed by atoms with Gasteiger partial charge in [0, 0.05) is 20.2 Å². The van der Waals surface area contributed by atoms with Crippen molar-refractivity contribution in [2.45, 2.75) is 26.8 Å². The molecule has 5 heteroatoms. The van der Waals surface area contributed by atoms with Crippen LogP contribution in [0.3, 0.4) is 0 Å². The molecule has 2 aromatic carbocycles. The Morgan fingerprint density at radius 2 is 1.92 bits per heavy atom. The summed E-state index contributed by atoms with van der Waals surface area (Å²) in [5.74, 6) is 1.57. The first-order chi connectivity index (χ1) is 12.6. The number of hydrogen-bond acceptors (Lipinski definition) is 4. The van der Waals surface area contributed by atoms with Crippen LogP contribution in [0.2, 0.25) is 0 Å². The van der Waals surface area contributed by atoms with Crippen LogP contribution in [0.5, 0.6) is 11.5 Å². The maximum Gasteiger partial charge on any atom is 0.231 e. The van der Waals surface area contributed by atoms with Gasteiger partial charge in [-0.25, -0.2) is 0 Å². The second-order valence-electron chi connectivity index (χ2n) is 6.60. The van der Waals surface area contributed by atoms with Gasteiger partial charge in [0.25, 0.3) is 0 Å². The topological polar surface area (TPSA) is 48.0 Å². The number of aryl methyl sites for hydroxylation is 2. The van der Waals surface area contributed by atoms with Gasteiger partial charge >= 0.3 is 0 Å². The van der Waals surface area contributed by atoms with Crippen molar-refractivity contribution in [3.05, 3.63) is 58.7 Å². The molecule has 0 aromatic heterocycles. The highest BCUT2D eigenvalue weighted by Gasteiger charge is 2.18. The molecule has 0 saturated carbocycles. The average Bonchev–Trinajstić information content (AvgIpc) is 3.09. The Balaban J connectivity index is 1.74. The van der Waals surface area contributed by atoms with E-state index in [0.29, 0.717) is 26.1 Å². The van der Waals surface area contributed by atoms with E-state index in [9.17, 15) is 4.79 Å². The van der Waals surface area contributed by atoms with E-state index >= 15 is 0 Å². The SMILES string of the molecule is COCCN(Cc1ccc2c(c1)OCO2)C(=O)Cc1cc(C)ccc1C. The highest BCUT2D eigenvalue weighted by molar-refractivity contribution is 5.79. The van der Waals surface area contributed by atoms with Crippen molar-refractivity contribution in [3.8, 4) is 11.5 Å². The molecule has 0 bridgehead atoms. The Kier molecular flexibility index (Phi) is 5.78. The number of ether oxygens (including phenoxy) is 3. The molecule has 0 saturated heterocycles. The van der Waals surface area contributed by atoms with Crippen molar-refractivity contribution in [3.63, 3.8) is 0 Å². The zero-order chi connectivity index (χ0) is 18.5. The molecule has 0 unspecified atom stereocenters. The number of methoxy groups -OCH3 is 1. The predicted molar refractivity (Wildman–Crippen MR) is 99.5 cm³/mol. The third-order valence-electron chi connectivity index (χ3n) is 4.57. The summed E-state index contributed by atoms with van der Waals surface area (Å²) in [6.07, 6.45) is 0.391. The van der Waals surface area contributed by atoms with E-state index in [-0.39, 0.29) is 12.7 Å². The quantitative estimate of drug-likeness (QED) is 0.765. The largest absolute Gasteiger partial charge is 0.454 e. The Bertz CT molecular complexity index is 788. The van der Waals surface area contributed by atoms with Gasteiger partial charge in [0.2, 0.25) is 12.7 Å². The molecule has 26 heavy (non-hydrogen) atoms. The molecule has 1 aliphatic heterocycles. The highest BCUT2D eigenvalue weighted by atomic mass is 16.7. The van der Waals surface area contributed by atoms with Crippen LogP contribution in [0.25, 0.3) is 0 Å². The maximum atomic E-state index is 12.9. The minimum Gasteiger partial charge on any atom is -0.454 e. The van der Waals surface area contributed by atoms with Crippen LogP contribution in [0, 0.1) is 13.8 Å². The zero-order valence-corrected chi connectivity index (χ0v) is 15.6. The molecular weight excluding hydrogens is 330 g/mol. The Morgan fingerprint density at radius 3 is 2.73 bits per heavy atom. The van der Waals surface area contributed by atoms with Crippen molar-refractivity contribution in [2.75, 3.05) is 27.1 Å². The lowest BCUT2D eigenvalue weighted by Crippen LogP contribution is -2.34. The number of carbonyl (C=O) groups is 1. The third-order valence-corrected chi connectivity index (χ3v) is 4.57. The molecule has 0 fully saturated rings. The maximum absolute atomic E-state index is 12.9. The average molecular weight is 355 g/mol. The molecule has 5 nitrogen and oxygen atoms in total. The molecule has 0 radical (unpaired) electrons. The molecule has 0 aliphatic carbocycles. The van der Waals surface area contributed by atoms with Crippen LogP contribution in [-0.2, 0) is 22.5 Å². The fraction of sp³-hybridized carbons (Fsp3) is 0.381. The molecule has 138 valence electrons. The summed E-state index contributed by atoms with van der Waals surface area (Å²) in [6, 6.07) is 12.0. The minimum absolute atomic E-state index is 0.0911. The Hall–Kier alpha value is -2.53. The van der Waals surface area contributed by atoms with E-state index in [1.807, 2.05) is 36.9 Å². The summed E-state index contributed by atoms with van der Waals surface area (Å²) >= 11 is 0. The van der Waals surface area contributed by atoms with E-state index in [1.165, 1.54) is 0 Å². The lowest BCUT2D eigenvalue weighted by molar-refractivity contribution is -0.131. The van der Waals surface area contributed by atoms with Gasteiger partial charge in [0.1, 0.15) is 0 Å². The molecule has 3 rings (SSSR count). The molecular formula is C21H25NO4. The van der Waals surface area contributed by atoms with Crippen molar-refractivity contribution in [2.24, 2.45) is 0 Å². The van der Waals surface area contributed by atoms with E-state index in [1.54, 1.807) is 7.11 Å². The van der Waals surface area contributed by atoms with Gasteiger partial charge in [-0.1, -0.05) is 29.8 Å². The van der Waals surface area contributed by atoms with Gasteiger partial charge in [-0.3, -0.25) is 4.79 Å². The summed E-state index contributed by atoms with van der Waals surface area (Å²) in [7, 11) is 1.65. The second-order valence-corrected chi connectivity index (χ2v) is 6.60. The van der Waals surface area contributed by atoms with Crippen molar-refractivity contribution >= 4 is 5.91 Å². The Morgan fingerprint density at radius 1 is 1.12 bits per heavy atom. The van der Waals surface area contributed by atoms with Crippen LogP contribution >= 0.6 is 0 Å². The zero-order valence-electron chi connectivity index (χ0n) is 15.6. The van der Waals surface area contributed by atoms with Crippen LogP contribution in [0.15, 0.2) is 36.4 Å². The fourth-order valence-corrected chi connectivity index (χ4v) is 3.02. The number of benzene rings is 2. The van der Waals surface area contributed by atoms with Gasteiger partial charge in [-0.15, -0.1) is 0 Å². The van der Waals surface area contributed by atoms with Crippen molar-refractivity contribution in [1.29, 1.82) is 0 Å². The van der Waals surface area contributed by atoms with Gasteiger partial charge in [0.15, 0.2) is 11.5 Å². The molecule has 1 amide bonds. The number of carbonyl (C=O) groups excluding carboxylic acids is 1.